The van der Waals surface area contributed by atoms with E-state index in [1.54, 1.807) is 0 Å². The number of carboxylic acids is 2. The Bertz CT molecular complexity index is 1230. The van der Waals surface area contributed by atoms with Crippen molar-refractivity contribution in [2.75, 3.05) is 26.4 Å². The largest absolute Gasteiger partial charge is 0.480 e. The molecule has 0 bridgehead atoms. The molecule has 15 N–H and O–H groups in total. The third-order valence-electron chi connectivity index (χ3n) is 8.61. The van der Waals surface area contributed by atoms with Crippen LogP contribution in [0, 0.1) is 0 Å². The summed E-state index contributed by atoms with van der Waals surface area (Å²) in [6, 6.07) is -4.60. The number of nitrogens with one attached hydrogen (secondary N) is 2. The van der Waals surface area contributed by atoms with E-state index in [2.05, 4.69) is 10.6 Å². The minimum absolute atomic E-state index is 0.656. The Morgan fingerprint density at radius 2 is 1.40 bits per heavy atom. The number of hydrogen-bond donors (Lipinski definition) is 14. The number of aliphatic hydroxyl groups excluding tert-OH is 9. The lowest BCUT2D eigenvalue weighted by Crippen LogP contribution is -2.71. The van der Waals surface area contributed by atoms with E-state index in [9.17, 15) is 70.2 Å². The summed E-state index contributed by atoms with van der Waals surface area (Å²) in [6.45, 7) is -1.60. The Kier molecular flexibility index (Phi) is 15.5. The quantitative estimate of drug-likeness (QED) is 0.0694. The number of aliphatic hydroxyl groups is 9. The van der Waals surface area contributed by atoms with Crippen LogP contribution < -0.4 is 16.4 Å². The average molecular weight is 762 g/mol. The van der Waals surface area contributed by atoms with E-state index in [1.807, 2.05) is 0 Å². The zero-order valence-electron chi connectivity index (χ0n) is 27.9. The Morgan fingerprint density at radius 3 is 1.92 bits per heavy atom. The molecule has 2 amide bonds. The molecule has 300 valence electrons. The van der Waals surface area contributed by atoms with Crippen LogP contribution in [-0.2, 0) is 47.6 Å². The van der Waals surface area contributed by atoms with Gasteiger partial charge in [0.25, 0.3) is 5.79 Å². The fraction of sp³-hybridized carbons (Fsp3) is 0.857. The van der Waals surface area contributed by atoms with Gasteiger partial charge < -0.3 is 101 Å². The molecule has 0 aliphatic carbocycles. The van der Waals surface area contributed by atoms with E-state index in [0.717, 1.165) is 13.8 Å². The Balaban J connectivity index is 1.87. The van der Waals surface area contributed by atoms with E-state index in [1.165, 1.54) is 0 Å². The second-order valence-corrected chi connectivity index (χ2v) is 12.5. The Morgan fingerprint density at radius 1 is 0.846 bits per heavy atom. The van der Waals surface area contributed by atoms with Crippen LogP contribution in [0.15, 0.2) is 0 Å². The van der Waals surface area contributed by atoms with Crippen molar-refractivity contribution in [3.05, 3.63) is 0 Å². The smallest absolute Gasteiger partial charge is 0.364 e. The molecule has 24 heteroatoms. The summed E-state index contributed by atoms with van der Waals surface area (Å²) >= 11 is 0. The highest BCUT2D eigenvalue weighted by Crippen LogP contribution is 2.38. The second-order valence-electron chi connectivity index (χ2n) is 12.5. The number of hydrogen-bond acceptors (Lipinski definition) is 20. The van der Waals surface area contributed by atoms with Crippen molar-refractivity contribution in [2.24, 2.45) is 5.73 Å². The summed E-state index contributed by atoms with van der Waals surface area (Å²) in [5, 5.41) is 118. The van der Waals surface area contributed by atoms with Gasteiger partial charge in [-0.25, -0.2) is 4.79 Å². The van der Waals surface area contributed by atoms with Gasteiger partial charge in [0.05, 0.1) is 38.6 Å². The van der Waals surface area contributed by atoms with Crippen LogP contribution in [0.1, 0.15) is 20.3 Å². The van der Waals surface area contributed by atoms with Crippen molar-refractivity contribution in [3.8, 4) is 0 Å². The summed E-state index contributed by atoms with van der Waals surface area (Å²) in [6.07, 6.45) is -25.8. The Labute approximate surface area is 294 Å². The summed E-state index contributed by atoms with van der Waals surface area (Å²) in [4.78, 5) is 47.5. The van der Waals surface area contributed by atoms with Crippen molar-refractivity contribution in [1.29, 1.82) is 0 Å². The van der Waals surface area contributed by atoms with Gasteiger partial charge in [0.2, 0.25) is 11.8 Å². The van der Waals surface area contributed by atoms with Crippen LogP contribution in [0.4, 0.5) is 0 Å². The Hall–Kier alpha value is -2.76. The number of ether oxygens (including phenoxy) is 6. The van der Waals surface area contributed by atoms with E-state index >= 15 is 0 Å². The van der Waals surface area contributed by atoms with Crippen molar-refractivity contribution < 1.29 is 104 Å². The SMILES string of the molecule is CC(=O)N[C@H]1[C@H]([C@H](O)[C@H](O)CO)O[C@@](O[C@@H]2[C@H](O)[C@@H](O)C(O[C@@H]3[C@H](O)[C@@H](NC(C)=O)C(OC[C@H](N)C(=O)O)O[C@@H]3CO)O[C@@H]2CO)(C(=O)O)C[C@@H]1O. The van der Waals surface area contributed by atoms with Gasteiger partial charge in [-0.15, -0.1) is 0 Å². The first-order valence-electron chi connectivity index (χ1n) is 15.9. The van der Waals surface area contributed by atoms with Crippen molar-refractivity contribution in [2.45, 2.75) is 124 Å². The first-order valence-corrected chi connectivity index (χ1v) is 15.9. The molecule has 2 unspecified atom stereocenters. The number of nitrogens with two attached hydrogens (primary N) is 1. The molecular formula is C28H47N3O21. The fourth-order valence-corrected chi connectivity index (χ4v) is 5.97. The second kappa shape index (κ2) is 18.5. The molecule has 3 saturated heterocycles. The zero-order valence-corrected chi connectivity index (χ0v) is 27.9. The molecule has 0 saturated carbocycles. The van der Waals surface area contributed by atoms with Gasteiger partial charge in [-0.2, -0.15) is 0 Å². The van der Waals surface area contributed by atoms with Crippen LogP contribution in [0.5, 0.6) is 0 Å². The van der Waals surface area contributed by atoms with E-state index < -0.39 is 160 Å². The molecule has 52 heavy (non-hydrogen) atoms. The summed E-state index contributed by atoms with van der Waals surface area (Å²) in [5.41, 5.74) is 5.45. The average Bonchev–Trinajstić information content (AvgIpc) is 3.08. The molecule has 0 radical (unpaired) electrons. The van der Waals surface area contributed by atoms with Gasteiger partial charge >= 0.3 is 11.9 Å². The normalized spacial score (nSPS) is 39.9. The number of aliphatic carboxylic acids is 2. The molecule has 24 nitrogen and oxygen atoms in total. The highest BCUT2D eigenvalue weighted by molar-refractivity contribution is 5.77. The number of carbonyl (C=O) groups excluding carboxylic acids is 2. The van der Waals surface area contributed by atoms with Gasteiger partial charge in [0.1, 0.15) is 73.1 Å². The highest BCUT2D eigenvalue weighted by atomic mass is 16.8. The maximum absolute atomic E-state index is 12.6. The van der Waals surface area contributed by atoms with Crippen LogP contribution in [0.3, 0.4) is 0 Å². The van der Waals surface area contributed by atoms with E-state index in [4.69, 9.17) is 39.3 Å². The van der Waals surface area contributed by atoms with Gasteiger partial charge in [0.15, 0.2) is 12.6 Å². The number of amides is 2. The fourth-order valence-electron chi connectivity index (χ4n) is 5.97. The van der Waals surface area contributed by atoms with Crippen LogP contribution in [0.2, 0.25) is 0 Å². The third kappa shape index (κ3) is 9.85. The molecular weight excluding hydrogens is 714 g/mol. The standard InChI is InChI=1S/C28H47N3O21/c1-8(35)30-15-11(37)3-28(27(45)46,52-23(15)17(39)12(38)4-32)51-22-14(6-34)49-26(20(42)19(22)41)50-21-13(5-33)48-25(47-7-10(29)24(43)44)16(18(21)40)31-9(2)36/h10-23,25-26,32-34,37-42H,3-7,29H2,1-2H3,(H,30,35)(H,31,36)(H,43,44)(H,45,46)/t10-,11-,12+,13+,14+,15+,16+,17+,18+,19+,20+,21-,22-,23+,25?,26?,28+/m0/s1. The summed E-state index contributed by atoms with van der Waals surface area (Å²) in [7, 11) is 0. The molecule has 3 aliphatic heterocycles. The number of rotatable bonds is 16. The van der Waals surface area contributed by atoms with Crippen LogP contribution >= 0.6 is 0 Å². The predicted molar refractivity (Wildman–Crippen MR) is 161 cm³/mol. The minimum Gasteiger partial charge on any atom is -0.480 e. The number of carboxylic acid groups (broad SMARTS) is 2. The van der Waals surface area contributed by atoms with Gasteiger partial charge in [-0.3, -0.25) is 14.4 Å². The third-order valence-corrected chi connectivity index (χ3v) is 8.61. The van der Waals surface area contributed by atoms with Crippen molar-refractivity contribution >= 4 is 23.8 Å². The topological polar surface area (TPSA) is 396 Å². The summed E-state index contributed by atoms with van der Waals surface area (Å²) < 4.78 is 33.3. The molecule has 3 aliphatic rings. The van der Waals surface area contributed by atoms with Crippen LogP contribution in [-0.4, -0.2) is 210 Å². The molecule has 0 spiro atoms. The molecule has 0 aromatic heterocycles. The summed E-state index contributed by atoms with van der Waals surface area (Å²) in [5.74, 6) is -7.92. The molecule has 17 atom stereocenters. The monoisotopic (exact) mass is 761 g/mol. The first kappa shape index (κ1) is 43.6. The lowest BCUT2D eigenvalue weighted by molar-refractivity contribution is -0.381. The molecule has 0 aromatic rings. The van der Waals surface area contributed by atoms with Crippen molar-refractivity contribution in [3.63, 3.8) is 0 Å². The molecule has 3 heterocycles. The lowest BCUT2D eigenvalue weighted by atomic mass is 9.88. The lowest BCUT2D eigenvalue weighted by Gasteiger charge is -2.50. The number of carbonyl (C=O) groups is 4. The van der Waals surface area contributed by atoms with Crippen molar-refractivity contribution in [1.82, 2.24) is 10.6 Å². The van der Waals surface area contributed by atoms with E-state index in [0.29, 0.717) is 0 Å². The van der Waals surface area contributed by atoms with E-state index in [-0.39, 0.29) is 0 Å². The minimum atomic E-state index is -3.02. The maximum atomic E-state index is 12.6. The van der Waals surface area contributed by atoms with Gasteiger partial charge in [-0.1, -0.05) is 0 Å². The highest BCUT2D eigenvalue weighted by Gasteiger charge is 2.60. The maximum Gasteiger partial charge on any atom is 0.364 e. The predicted octanol–water partition coefficient (Wildman–Crippen LogP) is -8.64. The molecule has 3 rings (SSSR count). The van der Waals surface area contributed by atoms with Crippen LogP contribution in [0.25, 0.3) is 0 Å². The molecule has 3 fully saturated rings. The van der Waals surface area contributed by atoms with Gasteiger partial charge in [-0.05, 0) is 0 Å². The zero-order chi connectivity index (χ0) is 39.2. The molecule has 0 aromatic carbocycles. The van der Waals surface area contributed by atoms with Gasteiger partial charge in [0, 0.05) is 20.3 Å². The first-order chi connectivity index (χ1) is 24.3.